The summed E-state index contributed by atoms with van der Waals surface area (Å²) in [6, 6.07) is 21.8. The number of fused-ring (bicyclic) bond motifs is 2. The molecule has 178 valence electrons. The standard InChI is InChI=1S/C29H34N2O3/c1-30-16-15-28(24-9-6-10-26(32)18-24)19-25(13-14-29(28,20-30)34-3)31(2)27(33)23-12-11-21-7-4-5-8-22(21)17-23/h4-12,17-18,25,32H,13-16,19-20H2,1-3H3/t25-,28+,29+/m1/s1. The normalized spacial score (nSPS) is 27.3. The molecule has 5 heteroatoms. The van der Waals surface area contributed by atoms with E-state index in [9.17, 15) is 9.90 Å². The third-order valence-electron chi connectivity index (χ3n) is 8.44. The molecule has 0 unspecified atom stereocenters. The Balaban J connectivity index is 1.49. The molecule has 1 N–H and O–H groups in total. The zero-order valence-electron chi connectivity index (χ0n) is 20.3. The SMILES string of the molecule is CO[C@]12CC[C@@H](N(C)C(=O)c3ccc4ccccc4c3)C[C@]1(c1cccc(O)c1)CCN(C)C2. The van der Waals surface area contributed by atoms with Crippen LogP contribution in [0.4, 0.5) is 0 Å². The molecule has 0 radical (unpaired) electrons. The van der Waals surface area contributed by atoms with Gasteiger partial charge >= 0.3 is 0 Å². The first-order valence-electron chi connectivity index (χ1n) is 12.2. The van der Waals surface area contributed by atoms with Crippen molar-refractivity contribution in [3.05, 3.63) is 77.9 Å². The predicted octanol–water partition coefficient (Wildman–Crippen LogP) is 4.83. The largest absolute Gasteiger partial charge is 0.508 e. The molecule has 2 fully saturated rings. The lowest BCUT2D eigenvalue weighted by Gasteiger charge is -2.60. The minimum atomic E-state index is -0.350. The van der Waals surface area contributed by atoms with Gasteiger partial charge in [-0.15, -0.1) is 0 Å². The highest BCUT2D eigenvalue weighted by atomic mass is 16.5. The maximum Gasteiger partial charge on any atom is 0.253 e. The molecule has 3 aromatic carbocycles. The quantitative estimate of drug-likeness (QED) is 0.609. The molecule has 5 rings (SSSR count). The Morgan fingerprint density at radius 3 is 2.62 bits per heavy atom. The van der Waals surface area contributed by atoms with E-state index in [2.05, 4.69) is 30.1 Å². The Kier molecular flexibility index (Phi) is 5.86. The van der Waals surface area contributed by atoms with Crippen LogP contribution in [-0.4, -0.2) is 66.8 Å². The summed E-state index contributed by atoms with van der Waals surface area (Å²) < 4.78 is 6.35. The lowest BCUT2D eigenvalue weighted by molar-refractivity contribution is -0.149. The third kappa shape index (κ3) is 3.68. The number of aromatic hydroxyl groups is 1. The van der Waals surface area contributed by atoms with Gasteiger partial charge in [-0.25, -0.2) is 0 Å². The Bertz CT molecular complexity index is 1210. The number of hydrogen-bond acceptors (Lipinski definition) is 4. The summed E-state index contributed by atoms with van der Waals surface area (Å²) in [5, 5.41) is 12.5. The Labute approximate surface area is 201 Å². The molecule has 1 heterocycles. The number of likely N-dealkylation sites (tertiary alicyclic amines) is 1. The van der Waals surface area contributed by atoms with Crippen molar-refractivity contribution in [3.8, 4) is 5.75 Å². The van der Waals surface area contributed by atoms with Crippen molar-refractivity contribution in [3.63, 3.8) is 0 Å². The summed E-state index contributed by atoms with van der Waals surface area (Å²) in [7, 11) is 5.91. The van der Waals surface area contributed by atoms with Gasteiger partial charge in [-0.3, -0.25) is 4.79 Å². The second-order valence-corrected chi connectivity index (χ2v) is 10.2. The molecule has 0 bridgehead atoms. The monoisotopic (exact) mass is 458 g/mol. The molecular weight excluding hydrogens is 424 g/mol. The van der Waals surface area contributed by atoms with Gasteiger partial charge in [0, 0.05) is 37.7 Å². The van der Waals surface area contributed by atoms with Crippen molar-refractivity contribution in [2.24, 2.45) is 0 Å². The van der Waals surface area contributed by atoms with Gasteiger partial charge in [-0.05, 0) is 79.9 Å². The number of benzene rings is 3. The Morgan fingerprint density at radius 2 is 1.85 bits per heavy atom. The number of phenols is 1. The first kappa shape index (κ1) is 22.9. The molecule has 1 aliphatic carbocycles. The van der Waals surface area contributed by atoms with Gasteiger partial charge in [0.15, 0.2) is 0 Å². The summed E-state index contributed by atoms with van der Waals surface area (Å²) in [6.45, 7) is 1.80. The molecule has 0 aromatic heterocycles. The number of rotatable bonds is 4. The number of piperidine rings is 1. The van der Waals surface area contributed by atoms with E-state index in [0.717, 1.165) is 60.7 Å². The fourth-order valence-corrected chi connectivity index (χ4v) is 6.50. The summed E-state index contributed by atoms with van der Waals surface area (Å²) in [5.74, 6) is 0.332. The number of likely N-dealkylation sites (N-methyl/N-ethyl adjacent to an activating group) is 1. The average Bonchev–Trinajstić information content (AvgIpc) is 2.87. The van der Waals surface area contributed by atoms with Crippen molar-refractivity contribution in [1.29, 1.82) is 0 Å². The lowest BCUT2D eigenvalue weighted by Crippen LogP contribution is -2.67. The summed E-state index contributed by atoms with van der Waals surface area (Å²) in [6.07, 6.45) is 3.49. The molecule has 2 aliphatic rings. The molecule has 5 nitrogen and oxygen atoms in total. The van der Waals surface area contributed by atoms with Crippen LogP contribution in [0.2, 0.25) is 0 Å². The van der Waals surface area contributed by atoms with Crippen LogP contribution in [0.25, 0.3) is 10.8 Å². The Hall–Kier alpha value is -2.89. The lowest BCUT2D eigenvalue weighted by atomic mass is 9.55. The molecule has 3 aromatic rings. The zero-order chi connectivity index (χ0) is 23.9. The van der Waals surface area contributed by atoms with Crippen LogP contribution in [-0.2, 0) is 10.2 Å². The minimum absolute atomic E-state index is 0.0552. The second kappa shape index (κ2) is 8.71. The van der Waals surface area contributed by atoms with Gasteiger partial charge in [0.1, 0.15) is 5.75 Å². The number of carbonyl (C=O) groups excluding carboxylic acids is 1. The number of nitrogens with zero attached hydrogens (tertiary/aromatic N) is 2. The molecule has 1 aliphatic heterocycles. The summed E-state index contributed by atoms with van der Waals surface area (Å²) >= 11 is 0. The first-order chi connectivity index (χ1) is 16.4. The van der Waals surface area contributed by atoms with E-state index < -0.39 is 0 Å². The molecule has 34 heavy (non-hydrogen) atoms. The number of ether oxygens (including phenoxy) is 1. The Morgan fingerprint density at radius 1 is 1.06 bits per heavy atom. The van der Waals surface area contributed by atoms with Crippen LogP contribution in [0.15, 0.2) is 66.7 Å². The van der Waals surface area contributed by atoms with Crippen molar-refractivity contribution in [2.45, 2.75) is 42.7 Å². The maximum absolute atomic E-state index is 13.6. The molecule has 1 saturated carbocycles. The van der Waals surface area contributed by atoms with Crippen LogP contribution < -0.4 is 0 Å². The second-order valence-electron chi connectivity index (χ2n) is 10.2. The topological polar surface area (TPSA) is 53.0 Å². The number of phenolic OH excluding ortho intramolecular Hbond substituents is 1. The predicted molar refractivity (Wildman–Crippen MR) is 135 cm³/mol. The van der Waals surface area contributed by atoms with Crippen LogP contribution in [0, 0.1) is 0 Å². The van der Waals surface area contributed by atoms with Gasteiger partial charge in [-0.1, -0.05) is 42.5 Å². The first-order valence-corrected chi connectivity index (χ1v) is 12.2. The van der Waals surface area contributed by atoms with Gasteiger partial charge in [0.2, 0.25) is 0 Å². The molecular formula is C29H34N2O3. The molecule has 0 spiro atoms. The van der Waals surface area contributed by atoms with Crippen LogP contribution in [0.5, 0.6) is 5.75 Å². The van der Waals surface area contributed by atoms with Crippen LogP contribution in [0.3, 0.4) is 0 Å². The smallest absolute Gasteiger partial charge is 0.253 e. The summed E-state index contributed by atoms with van der Waals surface area (Å²) in [5.41, 5.74) is 1.21. The van der Waals surface area contributed by atoms with Crippen LogP contribution in [0.1, 0.15) is 41.6 Å². The van der Waals surface area contributed by atoms with Crippen LogP contribution >= 0.6 is 0 Å². The highest BCUT2D eigenvalue weighted by molar-refractivity contribution is 5.98. The van der Waals surface area contributed by atoms with Gasteiger partial charge < -0.3 is 19.6 Å². The van der Waals surface area contributed by atoms with E-state index >= 15 is 0 Å². The van der Waals surface area contributed by atoms with Crippen molar-refractivity contribution >= 4 is 16.7 Å². The number of hydrogen-bond donors (Lipinski definition) is 1. The van der Waals surface area contributed by atoms with E-state index in [1.54, 1.807) is 6.07 Å². The molecule has 1 amide bonds. The highest BCUT2D eigenvalue weighted by Gasteiger charge is 2.59. The fourth-order valence-electron chi connectivity index (χ4n) is 6.50. The van der Waals surface area contributed by atoms with E-state index in [1.807, 2.05) is 61.5 Å². The highest BCUT2D eigenvalue weighted by Crippen LogP contribution is 2.54. The maximum atomic E-state index is 13.6. The minimum Gasteiger partial charge on any atom is -0.508 e. The van der Waals surface area contributed by atoms with Gasteiger partial charge in [-0.2, -0.15) is 0 Å². The molecule has 3 atom stereocenters. The van der Waals surface area contributed by atoms with Crippen molar-refractivity contribution < 1.29 is 14.6 Å². The third-order valence-corrected chi connectivity index (χ3v) is 8.44. The van der Waals surface area contributed by atoms with E-state index in [4.69, 9.17) is 4.74 Å². The van der Waals surface area contributed by atoms with Crippen molar-refractivity contribution in [1.82, 2.24) is 9.80 Å². The van der Waals surface area contributed by atoms with E-state index in [-0.39, 0.29) is 28.7 Å². The zero-order valence-corrected chi connectivity index (χ0v) is 20.3. The average molecular weight is 459 g/mol. The van der Waals surface area contributed by atoms with Gasteiger partial charge in [0.25, 0.3) is 5.91 Å². The fraction of sp³-hybridized carbons (Fsp3) is 0.414. The van der Waals surface area contributed by atoms with E-state index in [0.29, 0.717) is 0 Å². The number of carbonyl (C=O) groups is 1. The summed E-state index contributed by atoms with van der Waals surface area (Å²) in [4.78, 5) is 17.9. The van der Waals surface area contributed by atoms with Crippen molar-refractivity contribution in [2.75, 3.05) is 34.3 Å². The van der Waals surface area contributed by atoms with E-state index in [1.165, 1.54) is 0 Å². The molecule has 1 saturated heterocycles. The number of amides is 1. The van der Waals surface area contributed by atoms with Gasteiger partial charge in [0.05, 0.1) is 5.60 Å². The number of methoxy groups -OCH3 is 1.